The summed E-state index contributed by atoms with van der Waals surface area (Å²) < 4.78 is 1.11. The van der Waals surface area contributed by atoms with Crippen molar-refractivity contribution in [3.63, 3.8) is 0 Å². The minimum Gasteiger partial charge on any atom is -0.337 e. The third-order valence-corrected chi connectivity index (χ3v) is 4.79. The van der Waals surface area contributed by atoms with Gasteiger partial charge in [-0.2, -0.15) is 0 Å². The van der Waals surface area contributed by atoms with Crippen molar-refractivity contribution in [2.24, 2.45) is 0 Å². The number of aryl methyl sites for hydroxylation is 1. The van der Waals surface area contributed by atoms with Gasteiger partial charge in [0.25, 0.3) is 0 Å². The zero-order chi connectivity index (χ0) is 12.3. The zero-order valence-electron chi connectivity index (χ0n) is 10.3. The van der Waals surface area contributed by atoms with Gasteiger partial charge in [-0.1, -0.05) is 0 Å². The number of nitrogens with one attached hydrogen (secondary N) is 1. The minimum atomic E-state index is 0. The van der Waals surface area contributed by atoms with E-state index in [4.69, 9.17) is 0 Å². The highest BCUT2D eigenvalue weighted by Gasteiger charge is 2.22. The van der Waals surface area contributed by atoms with Gasteiger partial charge in [-0.25, -0.2) is 0 Å². The summed E-state index contributed by atoms with van der Waals surface area (Å²) in [5.41, 5.74) is 0. The number of carbonyl (C=O) groups excluding carboxylic acids is 1. The van der Waals surface area contributed by atoms with Crippen LogP contribution in [0, 0.1) is 0 Å². The summed E-state index contributed by atoms with van der Waals surface area (Å²) in [6, 6.07) is 2.42. The van der Waals surface area contributed by atoms with Gasteiger partial charge in [0, 0.05) is 46.8 Å². The van der Waals surface area contributed by atoms with Crippen LogP contribution in [0.2, 0.25) is 0 Å². The van der Waals surface area contributed by atoms with E-state index < -0.39 is 0 Å². The highest BCUT2D eigenvalue weighted by atomic mass is 79.9. The number of rotatable bonds is 3. The van der Waals surface area contributed by atoms with E-state index in [0.29, 0.717) is 12.5 Å². The molecule has 102 valence electrons. The summed E-state index contributed by atoms with van der Waals surface area (Å²) >= 11 is 5.14. The largest absolute Gasteiger partial charge is 0.337 e. The summed E-state index contributed by atoms with van der Waals surface area (Å²) in [6.45, 7) is 4.77. The third-order valence-electron chi connectivity index (χ3n) is 3.03. The van der Waals surface area contributed by atoms with Gasteiger partial charge in [0.15, 0.2) is 0 Å². The molecule has 1 aliphatic heterocycles. The molecule has 1 aromatic heterocycles. The highest BCUT2D eigenvalue weighted by molar-refractivity contribution is 9.10. The number of carbonyl (C=O) groups is 1. The van der Waals surface area contributed by atoms with Crippen LogP contribution in [-0.2, 0) is 11.2 Å². The molecule has 2 rings (SSSR count). The quantitative estimate of drug-likeness (QED) is 0.906. The Labute approximate surface area is 126 Å². The average Bonchev–Trinajstić information content (AvgIpc) is 2.73. The van der Waals surface area contributed by atoms with Gasteiger partial charge in [-0.05, 0) is 35.3 Å². The number of halogens is 2. The van der Waals surface area contributed by atoms with Gasteiger partial charge in [-0.3, -0.25) is 4.79 Å². The first-order chi connectivity index (χ1) is 8.16. The topological polar surface area (TPSA) is 32.3 Å². The van der Waals surface area contributed by atoms with Gasteiger partial charge < -0.3 is 10.2 Å². The van der Waals surface area contributed by atoms with E-state index in [0.717, 1.165) is 30.5 Å². The number of piperazine rings is 1. The maximum atomic E-state index is 12.1. The Bertz CT molecular complexity index is 399. The lowest BCUT2D eigenvalue weighted by Crippen LogP contribution is -2.52. The van der Waals surface area contributed by atoms with E-state index in [2.05, 4.69) is 39.6 Å². The van der Waals surface area contributed by atoms with Gasteiger partial charge in [-0.15, -0.1) is 23.7 Å². The average molecular weight is 354 g/mol. The molecular formula is C12H18BrClN2OS. The SMILES string of the molecule is C[C@@H]1CNCCN1C(=O)CCc1cc(Br)cs1.Cl. The second-order valence-corrected chi connectivity index (χ2v) is 6.28. The zero-order valence-corrected chi connectivity index (χ0v) is 13.5. The number of nitrogens with zero attached hydrogens (tertiary/aromatic N) is 1. The second kappa shape index (κ2) is 7.48. The first-order valence-corrected chi connectivity index (χ1v) is 7.57. The van der Waals surface area contributed by atoms with E-state index in [1.807, 2.05) is 4.90 Å². The molecule has 1 fully saturated rings. The Morgan fingerprint density at radius 3 is 3.06 bits per heavy atom. The Morgan fingerprint density at radius 2 is 2.44 bits per heavy atom. The Balaban J connectivity index is 0.00000162. The van der Waals surface area contributed by atoms with Crippen LogP contribution in [0.3, 0.4) is 0 Å². The Morgan fingerprint density at radius 1 is 1.67 bits per heavy atom. The fraction of sp³-hybridized carbons (Fsp3) is 0.583. The van der Waals surface area contributed by atoms with Crippen LogP contribution in [0.15, 0.2) is 15.9 Å². The van der Waals surface area contributed by atoms with Crippen molar-refractivity contribution < 1.29 is 4.79 Å². The van der Waals surface area contributed by atoms with Crippen LogP contribution in [0.5, 0.6) is 0 Å². The number of hydrogen-bond donors (Lipinski definition) is 1. The molecular weight excluding hydrogens is 336 g/mol. The molecule has 0 aromatic carbocycles. The molecule has 6 heteroatoms. The second-order valence-electron chi connectivity index (χ2n) is 4.37. The predicted octanol–water partition coefficient (Wildman–Crippen LogP) is 2.69. The maximum Gasteiger partial charge on any atom is 0.223 e. The lowest BCUT2D eigenvalue weighted by molar-refractivity contribution is -0.133. The number of thiophene rings is 1. The van der Waals surface area contributed by atoms with Gasteiger partial charge in [0.05, 0.1) is 0 Å². The molecule has 1 aliphatic rings. The van der Waals surface area contributed by atoms with E-state index in [1.54, 1.807) is 11.3 Å². The van der Waals surface area contributed by atoms with Crippen molar-refractivity contribution >= 4 is 45.6 Å². The van der Waals surface area contributed by atoms with Crippen LogP contribution in [0.4, 0.5) is 0 Å². The van der Waals surface area contributed by atoms with E-state index in [-0.39, 0.29) is 18.3 Å². The van der Waals surface area contributed by atoms with Crippen LogP contribution in [-0.4, -0.2) is 36.5 Å². The monoisotopic (exact) mass is 352 g/mol. The van der Waals surface area contributed by atoms with Crippen LogP contribution in [0.25, 0.3) is 0 Å². The number of hydrogen-bond acceptors (Lipinski definition) is 3. The van der Waals surface area contributed by atoms with Crippen LogP contribution >= 0.6 is 39.7 Å². The summed E-state index contributed by atoms with van der Waals surface area (Å²) in [5.74, 6) is 0.281. The summed E-state index contributed by atoms with van der Waals surface area (Å²) in [7, 11) is 0. The predicted molar refractivity (Wildman–Crippen MR) is 81.6 cm³/mol. The molecule has 0 bridgehead atoms. The van der Waals surface area contributed by atoms with Crippen molar-refractivity contribution in [1.82, 2.24) is 10.2 Å². The van der Waals surface area contributed by atoms with Crippen LogP contribution in [0.1, 0.15) is 18.2 Å². The third kappa shape index (κ3) is 4.23. The van der Waals surface area contributed by atoms with Gasteiger partial charge >= 0.3 is 0 Å². The van der Waals surface area contributed by atoms with Crippen molar-refractivity contribution in [2.75, 3.05) is 19.6 Å². The first-order valence-electron chi connectivity index (χ1n) is 5.90. The molecule has 0 spiro atoms. The van der Waals surface area contributed by atoms with Crippen molar-refractivity contribution in [1.29, 1.82) is 0 Å². The lowest BCUT2D eigenvalue weighted by atomic mass is 10.1. The van der Waals surface area contributed by atoms with E-state index in [9.17, 15) is 4.79 Å². The van der Waals surface area contributed by atoms with Crippen molar-refractivity contribution in [3.8, 4) is 0 Å². The van der Waals surface area contributed by atoms with E-state index in [1.165, 1.54) is 4.88 Å². The molecule has 1 amide bonds. The molecule has 1 aromatic rings. The summed E-state index contributed by atoms with van der Waals surface area (Å²) in [4.78, 5) is 15.4. The maximum absolute atomic E-state index is 12.1. The molecule has 1 atom stereocenters. The molecule has 18 heavy (non-hydrogen) atoms. The summed E-state index contributed by atoms with van der Waals surface area (Å²) in [6.07, 6.45) is 1.48. The molecule has 1 saturated heterocycles. The number of amides is 1. The standard InChI is InChI=1S/C12H17BrN2OS.ClH/c1-9-7-14-4-5-15(9)12(16)3-2-11-6-10(13)8-17-11;/h6,8-9,14H,2-5,7H2,1H3;1H/t9-;/m1./s1. The molecule has 0 unspecified atom stereocenters. The van der Waals surface area contributed by atoms with Crippen molar-refractivity contribution in [3.05, 3.63) is 20.8 Å². The molecule has 0 aliphatic carbocycles. The molecule has 2 heterocycles. The van der Waals surface area contributed by atoms with Crippen molar-refractivity contribution in [2.45, 2.75) is 25.8 Å². The molecule has 0 saturated carbocycles. The normalized spacial score (nSPS) is 19.4. The Hall–Kier alpha value is -0.100. The smallest absolute Gasteiger partial charge is 0.223 e. The minimum absolute atomic E-state index is 0. The molecule has 3 nitrogen and oxygen atoms in total. The van der Waals surface area contributed by atoms with Gasteiger partial charge in [0.1, 0.15) is 0 Å². The fourth-order valence-electron chi connectivity index (χ4n) is 2.07. The fourth-order valence-corrected chi connectivity index (χ4v) is 3.53. The lowest BCUT2D eigenvalue weighted by Gasteiger charge is -2.34. The van der Waals surface area contributed by atoms with Gasteiger partial charge in [0.2, 0.25) is 5.91 Å². The Kier molecular flexibility index (Phi) is 6.63. The van der Waals surface area contributed by atoms with Crippen LogP contribution < -0.4 is 5.32 Å². The summed E-state index contributed by atoms with van der Waals surface area (Å²) in [5, 5.41) is 5.36. The highest BCUT2D eigenvalue weighted by Crippen LogP contribution is 2.21. The first kappa shape index (κ1) is 16.0. The molecule has 0 radical (unpaired) electrons. The molecule has 1 N–H and O–H groups in total. The van der Waals surface area contributed by atoms with E-state index >= 15 is 0 Å².